The van der Waals surface area contributed by atoms with Gasteiger partial charge in [-0.05, 0) is 36.1 Å². The van der Waals surface area contributed by atoms with Crippen LogP contribution in [0.2, 0.25) is 0 Å². The summed E-state index contributed by atoms with van der Waals surface area (Å²) in [6.07, 6.45) is 1.75. The third-order valence-electron chi connectivity index (χ3n) is 5.04. The van der Waals surface area contributed by atoms with Gasteiger partial charge in [0.25, 0.3) is 0 Å². The molecular formula is C23H29N3O3. The van der Waals surface area contributed by atoms with Gasteiger partial charge in [0.2, 0.25) is 5.91 Å². The lowest BCUT2D eigenvalue weighted by molar-refractivity contribution is -0.121. The zero-order valence-corrected chi connectivity index (χ0v) is 17.1. The van der Waals surface area contributed by atoms with Gasteiger partial charge in [-0.3, -0.25) is 9.69 Å². The highest BCUT2D eigenvalue weighted by Gasteiger charge is 2.21. The van der Waals surface area contributed by atoms with E-state index in [4.69, 9.17) is 4.74 Å². The second-order valence-corrected chi connectivity index (χ2v) is 7.69. The molecule has 0 spiro atoms. The third kappa shape index (κ3) is 6.61. The lowest BCUT2D eigenvalue weighted by Crippen LogP contribution is -2.44. The van der Waals surface area contributed by atoms with Crippen LogP contribution in [0.5, 0.6) is 5.75 Å². The van der Waals surface area contributed by atoms with Gasteiger partial charge in [-0.15, -0.1) is 0 Å². The van der Waals surface area contributed by atoms with Crippen LogP contribution in [0.4, 0.5) is 4.79 Å². The number of carbonyl (C=O) groups is 2. The van der Waals surface area contributed by atoms with E-state index in [-0.39, 0.29) is 18.4 Å². The van der Waals surface area contributed by atoms with E-state index in [0.717, 1.165) is 38.0 Å². The molecule has 29 heavy (non-hydrogen) atoms. The summed E-state index contributed by atoms with van der Waals surface area (Å²) in [5.41, 5.74) is 2.15. The van der Waals surface area contributed by atoms with Crippen molar-refractivity contribution < 1.29 is 14.3 Å². The van der Waals surface area contributed by atoms with E-state index in [2.05, 4.69) is 34.5 Å². The van der Waals surface area contributed by atoms with Gasteiger partial charge in [0, 0.05) is 39.8 Å². The second kappa shape index (κ2) is 10.1. The number of rotatable bonds is 6. The zero-order chi connectivity index (χ0) is 20.6. The summed E-state index contributed by atoms with van der Waals surface area (Å²) < 4.78 is 5.26. The Hall–Kier alpha value is -2.86. The van der Waals surface area contributed by atoms with Crippen molar-refractivity contribution in [1.29, 1.82) is 0 Å². The van der Waals surface area contributed by atoms with Crippen molar-refractivity contribution in [1.82, 2.24) is 15.1 Å². The highest BCUT2D eigenvalue weighted by molar-refractivity contribution is 5.79. The smallest absolute Gasteiger partial charge is 0.410 e. The minimum atomic E-state index is -0.436. The molecule has 1 N–H and O–H groups in total. The summed E-state index contributed by atoms with van der Waals surface area (Å²) in [5, 5.41) is 3.15. The fraction of sp³-hybridized carbons (Fsp3) is 0.391. The maximum absolute atomic E-state index is 12.5. The summed E-state index contributed by atoms with van der Waals surface area (Å²) in [5.74, 6) is 0.450. The molecule has 0 bridgehead atoms. The van der Waals surface area contributed by atoms with E-state index in [1.54, 1.807) is 32.3 Å². The SMILES string of the molecule is CN(C)C(=O)Oc1cccc(CC(=O)NC2CCN(Cc3ccccc3)CC2)c1. The van der Waals surface area contributed by atoms with Crippen LogP contribution in [0.15, 0.2) is 54.6 Å². The number of benzene rings is 2. The topological polar surface area (TPSA) is 61.9 Å². The molecule has 0 atom stereocenters. The largest absolute Gasteiger partial charge is 0.414 e. The van der Waals surface area contributed by atoms with Crippen molar-refractivity contribution >= 4 is 12.0 Å². The van der Waals surface area contributed by atoms with Gasteiger partial charge in [0.15, 0.2) is 0 Å². The minimum absolute atomic E-state index is 0.00240. The van der Waals surface area contributed by atoms with Crippen molar-refractivity contribution in [3.05, 3.63) is 65.7 Å². The van der Waals surface area contributed by atoms with Crippen LogP contribution in [0, 0.1) is 0 Å². The Morgan fingerprint density at radius 3 is 2.41 bits per heavy atom. The van der Waals surface area contributed by atoms with Gasteiger partial charge >= 0.3 is 6.09 Å². The number of ether oxygens (including phenoxy) is 1. The molecule has 1 aliphatic heterocycles. The molecule has 1 saturated heterocycles. The molecule has 0 aliphatic carbocycles. The highest BCUT2D eigenvalue weighted by atomic mass is 16.6. The Morgan fingerprint density at radius 1 is 1.03 bits per heavy atom. The van der Waals surface area contributed by atoms with Gasteiger partial charge in [-0.25, -0.2) is 4.79 Å². The summed E-state index contributed by atoms with van der Waals surface area (Å²) in [6, 6.07) is 17.8. The van der Waals surface area contributed by atoms with E-state index in [1.807, 2.05) is 12.1 Å². The van der Waals surface area contributed by atoms with E-state index in [1.165, 1.54) is 10.5 Å². The van der Waals surface area contributed by atoms with Crippen molar-refractivity contribution in [2.24, 2.45) is 0 Å². The normalized spacial score (nSPS) is 15.0. The number of hydrogen-bond acceptors (Lipinski definition) is 4. The van der Waals surface area contributed by atoms with Crippen LogP contribution in [0.3, 0.4) is 0 Å². The van der Waals surface area contributed by atoms with Gasteiger partial charge in [-0.1, -0.05) is 42.5 Å². The Kier molecular flexibility index (Phi) is 7.25. The average Bonchev–Trinajstić information content (AvgIpc) is 2.70. The molecule has 2 aromatic rings. The molecule has 6 heteroatoms. The van der Waals surface area contributed by atoms with Crippen LogP contribution < -0.4 is 10.1 Å². The fourth-order valence-electron chi connectivity index (χ4n) is 3.45. The Balaban J connectivity index is 1.44. The molecule has 0 radical (unpaired) electrons. The quantitative estimate of drug-likeness (QED) is 0.817. The maximum Gasteiger partial charge on any atom is 0.414 e. The molecule has 6 nitrogen and oxygen atoms in total. The number of nitrogens with one attached hydrogen (secondary N) is 1. The summed E-state index contributed by atoms with van der Waals surface area (Å²) in [6.45, 7) is 2.92. The lowest BCUT2D eigenvalue weighted by atomic mass is 10.0. The van der Waals surface area contributed by atoms with Crippen LogP contribution in [-0.2, 0) is 17.8 Å². The number of amides is 2. The molecule has 3 rings (SSSR count). The molecule has 1 heterocycles. The summed E-state index contributed by atoms with van der Waals surface area (Å²) in [4.78, 5) is 27.9. The minimum Gasteiger partial charge on any atom is -0.410 e. The molecule has 2 amide bonds. The van der Waals surface area contributed by atoms with Crippen molar-refractivity contribution in [3.8, 4) is 5.75 Å². The van der Waals surface area contributed by atoms with Gasteiger partial charge in [-0.2, -0.15) is 0 Å². The van der Waals surface area contributed by atoms with Crippen LogP contribution >= 0.6 is 0 Å². The van der Waals surface area contributed by atoms with Gasteiger partial charge in [0.05, 0.1) is 6.42 Å². The van der Waals surface area contributed by atoms with Crippen molar-refractivity contribution in [3.63, 3.8) is 0 Å². The van der Waals surface area contributed by atoms with Gasteiger partial charge in [0.1, 0.15) is 5.75 Å². The molecular weight excluding hydrogens is 366 g/mol. The number of piperidine rings is 1. The van der Waals surface area contributed by atoms with Crippen LogP contribution in [-0.4, -0.2) is 55.0 Å². The first-order chi connectivity index (χ1) is 14.0. The first-order valence-electron chi connectivity index (χ1n) is 10.0. The fourth-order valence-corrected chi connectivity index (χ4v) is 3.45. The predicted octanol–water partition coefficient (Wildman–Crippen LogP) is 3.07. The number of hydrogen-bond donors (Lipinski definition) is 1. The number of carbonyl (C=O) groups excluding carboxylic acids is 2. The molecule has 2 aromatic carbocycles. The molecule has 0 saturated carbocycles. The highest BCUT2D eigenvalue weighted by Crippen LogP contribution is 2.16. The molecule has 154 valence electrons. The van der Waals surface area contributed by atoms with Crippen LogP contribution in [0.25, 0.3) is 0 Å². The standard InChI is InChI=1S/C23H29N3O3/c1-25(2)23(28)29-21-10-6-9-19(15-21)16-22(27)24-20-11-13-26(14-12-20)17-18-7-4-3-5-8-18/h3-10,15,20H,11-14,16-17H2,1-2H3,(H,24,27). The van der Waals surface area contributed by atoms with Crippen molar-refractivity contribution in [2.45, 2.75) is 31.8 Å². The van der Waals surface area contributed by atoms with Crippen molar-refractivity contribution in [2.75, 3.05) is 27.2 Å². The first-order valence-corrected chi connectivity index (χ1v) is 10.0. The first kappa shape index (κ1) is 20.9. The number of likely N-dealkylation sites (tertiary alicyclic amines) is 1. The van der Waals surface area contributed by atoms with E-state index < -0.39 is 6.09 Å². The summed E-state index contributed by atoms with van der Waals surface area (Å²) >= 11 is 0. The molecule has 1 aliphatic rings. The lowest BCUT2D eigenvalue weighted by Gasteiger charge is -2.32. The summed E-state index contributed by atoms with van der Waals surface area (Å²) in [7, 11) is 3.26. The van der Waals surface area contributed by atoms with Crippen LogP contribution in [0.1, 0.15) is 24.0 Å². The Morgan fingerprint density at radius 2 is 1.72 bits per heavy atom. The maximum atomic E-state index is 12.5. The molecule has 0 aromatic heterocycles. The third-order valence-corrected chi connectivity index (χ3v) is 5.04. The monoisotopic (exact) mass is 395 g/mol. The number of nitrogens with zero attached hydrogens (tertiary/aromatic N) is 2. The molecule has 0 unspecified atom stereocenters. The Bertz CT molecular complexity index is 815. The zero-order valence-electron chi connectivity index (χ0n) is 17.1. The average molecular weight is 396 g/mol. The van der Waals surface area contributed by atoms with Gasteiger partial charge < -0.3 is 15.0 Å². The second-order valence-electron chi connectivity index (χ2n) is 7.69. The van der Waals surface area contributed by atoms with E-state index in [0.29, 0.717) is 5.75 Å². The van der Waals surface area contributed by atoms with E-state index >= 15 is 0 Å². The van der Waals surface area contributed by atoms with E-state index in [9.17, 15) is 9.59 Å². The Labute approximate surface area is 172 Å². The molecule has 1 fully saturated rings. The predicted molar refractivity (Wildman–Crippen MR) is 113 cm³/mol.